The molecule has 4 atom stereocenters. The minimum Gasteiger partial charge on any atom is -0.861 e. The third-order valence-electron chi connectivity index (χ3n) is 4.34. The van der Waals surface area contributed by atoms with Crippen molar-refractivity contribution in [3.63, 3.8) is 0 Å². The van der Waals surface area contributed by atoms with E-state index in [9.17, 15) is 19.8 Å². The zero-order chi connectivity index (χ0) is 17.6. The minimum absolute atomic E-state index is 0. The molecule has 2 heterocycles. The van der Waals surface area contributed by atoms with Crippen LogP contribution in [0.15, 0.2) is 35.3 Å². The summed E-state index contributed by atoms with van der Waals surface area (Å²) in [5.74, 6) is -2.05. The fraction of sp³-hybridized carbons (Fsp3) is 0.438. The Morgan fingerprint density at radius 2 is 2.00 bits per heavy atom. The first-order chi connectivity index (χ1) is 11.2. The summed E-state index contributed by atoms with van der Waals surface area (Å²) >= 11 is 1.35. The summed E-state index contributed by atoms with van der Waals surface area (Å²) in [6.45, 7) is 3.55. The second-order valence-electron chi connectivity index (χ2n) is 6.40. The van der Waals surface area contributed by atoms with E-state index < -0.39 is 46.0 Å². The first kappa shape index (κ1) is 20.3. The van der Waals surface area contributed by atoms with Crippen LogP contribution < -0.4 is 40.4 Å². The Labute approximate surface area is 172 Å². The Balaban J connectivity index is 0.00000225. The number of thioether (sulfide) groups is 1. The van der Waals surface area contributed by atoms with Crippen LogP contribution in [0.2, 0.25) is 0 Å². The van der Waals surface area contributed by atoms with Gasteiger partial charge in [0.15, 0.2) is 6.04 Å². The molecule has 3 N–H and O–H groups in total. The van der Waals surface area contributed by atoms with E-state index >= 15 is 0 Å². The summed E-state index contributed by atoms with van der Waals surface area (Å²) in [6, 6.07) is 6.10. The molecule has 1 amide bonds. The Hall–Kier alpha value is -1.06. The molecule has 25 heavy (non-hydrogen) atoms. The molecule has 128 valence electrons. The van der Waals surface area contributed by atoms with Crippen molar-refractivity contribution in [2.75, 3.05) is 0 Å². The van der Waals surface area contributed by atoms with Crippen LogP contribution in [0.3, 0.4) is 0 Å². The number of carboxylic acids is 1. The fourth-order valence-electron chi connectivity index (χ4n) is 3.13. The van der Waals surface area contributed by atoms with Gasteiger partial charge in [0.25, 0.3) is 5.91 Å². The summed E-state index contributed by atoms with van der Waals surface area (Å²) in [7, 11) is 0. The van der Waals surface area contributed by atoms with Crippen LogP contribution >= 0.6 is 11.8 Å². The van der Waals surface area contributed by atoms with Crippen LogP contribution in [0.5, 0.6) is 0 Å². The van der Waals surface area contributed by atoms with Gasteiger partial charge in [0.2, 0.25) is 0 Å². The van der Waals surface area contributed by atoms with Crippen molar-refractivity contribution in [3.05, 3.63) is 35.9 Å². The molecule has 2 fully saturated rings. The quantitative estimate of drug-likeness (QED) is 0.251. The van der Waals surface area contributed by atoms with Crippen LogP contribution in [0.25, 0.3) is 0 Å². The number of fused-ring (bicyclic) bond motifs is 1. The molecule has 1 aromatic carbocycles. The van der Waals surface area contributed by atoms with Gasteiger partial charge >= 0.3 is 35.5 Å². The number of aliphatic carboxylic acids is 1. The summed E-state index contributed by atoms with van der Waals surface area (Å²) in [5.41, 5.74) is 6.53. The summed E-state index contributed by atoms with van der Waals surface area (Å²) in [5, 5.41) is 21.2. The molecule has 2 saturated heterocycles. The van der Waals surface area contributed by atoms with E-state index in [0.717, 1.165) is 0 Å². The van der Waals surface area contributed by atoms with Gasteiger partial charge in [0.05, 0.1) is 6.04 Å². The van der Waals surface area contributed by atoms with E-state index in [1.807, 2.05) is 6.07 Å². The molecule has 0 spiro atoms. The molecular formula is C16H18N3NaO4S. The normalized spacial score (nSPS) is 28.6. The third kappa shape index (κ3) is 3.46. The minimum atomic E-state index is -1.05. The maximum atomic E-state index is 12.3. The number of nitrogens with zero attached hydrogens (tertiary/aromatic N) is 2. The summed E-state index contributed by atoms with van der Waals surface area (Å²) in [4.78, 5) is 29.0. The first-order valence-corrected chi connectivity index (χ1v) is 8.40. The van der Waals surface area contributed by atoms with Crippen molar-refractivity contribution in [3.8, 4) is 0 Å². The number of carbonyl (C=O) groups is 2. The van der Waals surface area contributed by atoms with Gasteiger partial charge in [0, 0.05) is 4.75 Å². The van der Waals surface area contributed by atoms with Gasteiger partial charge in [-0.05, 0) is 25.3 Å². The number of β-lactam (4-membered cyclic amide) rings is 1. The van der Waals surface area contributed by atoms with E-state index in [2.05, 4.69) is 4.99 Å². The molecule has 0 bridgehead atoms. The number of carboxylic acid groups (broad SMARTS) is 1. The van der Waals surface area contributed by atoms with Crippen LogP contribution in [-0.2, 0) is 9.59 Å². The molecule has 3 unspecified atom stereocenters. The van der Waals surface area contributed by atoms with Crippen LogP contribution in [0, 0.1) is 0 Å². The second-order valence-corrected chi connectivity index (χ2v) is 8.17. The molecule has 1 aromatic rings. The largest absolute Gasteiger partial charge is 1.00 e. The van der Waals surface area contributed by atoms with Gasteiger partial charge in [-0.3, -0.25) is 9.79 Å². The van der Waals surface area contributed by atoms with E-state index in [1.54, 1.807) is 38.1 Å². The molecule has 0 aromatic heterocycles. The number of nitrogens with two attached hydrogens (primary N) is 1. The molecule has 2 aliphatic rings. The molecule has 0 saturated carbocycles. The summed E-state index contributed by atoms with van der Waals surface area (Å²) < 4.78 is -0.638. The van der Waals surface area contributed by atoms with Gasteiger partial charge in [-0.15, -0.1) is 11.8 Å². The SMILES string of the molecule is CC1(C)SC2C(N=C([O-])[C@H](N)c3ccccc3)C(=O)N2C1C(=O)O.[Na+]. The van der Waals surface area contributed by atoms with Crippen molar-refractivity contribution < 1.29 is 49.4 Å². The van der Waals surface area contributed by atoms with Gasteiger partial charge in [0.1, 0.15) is 11.4 Å². The van der Waals surface area contributed by atoms with E-state index in [-0.39, 0.29) is 29.6 Å². The first-order valence-electron chi connectivity index (χ1n) is 7.52. The zero-order valence-electron chi connectivity index (χ0n) is 14.2. The van der Waals surface area contributed by atoms with Crippen molar-refractivity contribution >= 4 is 29.5 Å². The molecule has 3 rings (SSSR count). The predicted octanol–water partition coefficient (Wildman–Crippen LogP) is -3.04. The summed E-state index contributed by atoms with van der Waals surface area (Å²) in [6.07, 6.45) is 0. The number of benzene rings is 1. The average molecular weight is 371 g/mol. The van der Waals surface area contributed by atoms with Crippen LogP contribution in [0.1, 0.15) is 25.5 Å². The Morgan fingerprint density at radius 3 is 2.56 bits per heavy atom. The third-order valence-corrected chi connectivity index (χ3v) is 5.90. The number of aliphatic imine (C=N–C) groups is 1. The predicted molar refractivity (Wildman–Crippen MR) is 88.3 cm³/mol. The van der Waals surface area contributed by atoms with Crippen molar-refractivity contribution in [2.24, 2.45) is 10.7 Å². The number of hydrogen-bond acceptors (Lipinski definition) is 6. The molecule has 9 heteroatoms. The standard InChI is InChI=1S/C16H19N3O4S.Na/c1-16(2)11(15(22)23)19-13(21)10(14(19)24-16)18-12(20)9(17)8-6-4-3-5-7-8;/h3-7,9-11,14H,17H2,1-2H3,(H,18,20)(H,22,23);/q;+1/p-1/t9-,10?,11?,14?;/m1./s1. The maximum absolute atomic E-state index is 12.3. The van der Waals surface area contributed by atoms with E-state index in [1.165, 1.54) is 16.7 Å². The van der Waals surface area contributed by atoms with Crippen LogP contribution in [0.4, 0.5) is 0 Å². The monoisotopic (exact) mass is 371 g/mol. The fourth-order valence-corrected chi connectivity index (χ4v) is 4.74. The average Bonchev–Trinajstić information content (AvgIpc) is 2.80. The number of amides is 1. The molecular weight excluding hydrogens is 353 g/mol. The van der Waals surface area contributed by atoms with E-state index in [4.69, 9.17) is 5.73 Å². The number of rotatable bonds is 4. The Kier molecular flexibility index (Phi) is 5.90. The zero-order valence-corrected chi connectivity index (χ0v) is 17.1. The number of carbonyl (C=O) groups excluding carboxylic acids is 1. The number of hydrogen-bond donors (Lipinski definition) is 2. The molecule has 0 aliphatic carbocycles. The topological polar surface area (TPSA) is 119 Å². The van der Waals surface area contributed by atoms with Crippen molar-refractivity contribution in [2.45, 2.75) is 42.1 Å². The Morgan fingerprint density at radius 1 is 1.40 bits per heavy atom. The maximum Gasteiger partial charge on any atom is 1.00 e. The molecule has 0 radical (unpaired) electrons. The Bertz CT molecular complexity index is 713. The van der Waals surface area contributed by atoms with Gasteiger partial charge in [-0.2, -0.15) is 0 Å². The molecule has 7 nitrogen and oxygen atoms in total. The van der Waals surface area contributed by atoms with E-state index in [0.29, 0.717) is 5.56 Å². The smallest absolute Gasteiger partial charge is 0.861 e. The van der Waals surface area contributed by atoms with Crippen molar-refractivity contribution in [1.29, 1.82) is 0 Å². The second kappa shape index (κ2) is 7.28. The van der Waals surface area contributed by atoms with Gasteiger partial charge in [-0.1, -0.05) is 30.3 Å². The molecule has 2 aliphatic heterocycles. The van der Waals surface area contributed by atoms with Gasteiger partial charge in [-0.25, -0.2) is 4.79 Å². The van der Waals surface area contributed by atoms with Gasteiger partial charge < -0.3 is 20.8 Å². The van der Waals surface area contributed by atoms with Crippen molar-refractivity contribution in [1.82, 2.24) is 4.90 Å². The van der Waals surface area contributed by atoms with Crippen LogP contribution in [-0.4, -0.2) is 50.0 Å².